The lowest BCUT2D eigenvalue weighted by molar-refractivity contribution is -0.162. The number of ether oxygens (including phenoxy) is 2. The van der Waals surface area contributed by atoms with Gasteiger partial charge in [0.15, 0.2) is 5.78 Å². The SMILES string of the molecule is CCCOC(C)(C)C(=O)C(C)(C)OCCC. The maximum atomic E-state index is 12.2. The van der Waals surface area contributed by atoms with Crippen molar-refractivity contribution in [3.05, 3.63) is 0 Å². The van der Waals surface area contributed by atoms with E-state index in [-0.39, 0.29) is 5.78 Å². The molecule has 0 saturated heterocycles. The molecule has 0 aromatic rings. The van der Waals surface area contributed by atoms with E-state index in [1.165, 1.54) is 0 Å². The van der Waals surface area contributed by atoms with Crippen LogP contribution in [0.25, 0.3) is 0 Å². The van der Waals surface area contributed by atoms with E-state index in [2.05, 4.69) is 0 Å². The number of ketones is 1. The first kappa shape index (κ1) is 15.6. The largest absolute Gasteiger partial charge is 0.368 e. The van der Waals surface area contributed by atoms with Crippen molar-refractivity contribution in [3.8, 4) is 0 Å². The molecule has 16 heavy (non-hydrogen) atoms. The number of hydrogen-bond acceptors (Lipinski definition) is 3. The summed E-state index contributed by atoms with van der Waals surface area (Å²) in [6.45, 7) is 12.5. The Hall–Kier alpha value is -0.410. The van der Waals surface area contributed by atoms with Crippen LogP contribution in [0.2, 0.25) is 0 Å². The first-order valence-electron chi connectivity index (χ1n) is 6.10. The molecule has 0 aliphatic heterocycles. The third kappa shape index (κ3) is 4.62. The van der Waals surface area contributed by atoms with Crippen molar-refractivity contribution in [2.24, 2.45) is 0 Å². The molecule has 0 heterocycles. The smallest absolute Gasteiger partial charge is 0.195 e. The molecule has 0 fully saturated rings. The zero-order valence-electron chi connectivity index (χ0n) is 11.6. The van der Waals surface area contributed by atoms with Crippen LogP contribution in [0.1, 0.15) is 54.4 Å². The molecule has 0 spiro atoms. The van der Waals surface area contributed by atoms with Gasteiger partial charge in [0.1, 0.15) is 11.2 Å². The van der Waals surface area contributed by atoms with Crippen molar-refractivity contribution in [1.82, 2.24) is 0 Å². The number of carbonyl (C=O) groups is 1. The minimum absolute atomic E-state index is 0.00176. The average molecular weight is 230 g/mol. The van der Waals surface area contributed by atoms with Gasteiger partial charge in [-0.1, -0.05) is 13.8 Å². The molecule has 0 rings (SSSR count). The second kappa shape index (κ2) is 6.36. The van der Waals surface area contributed by atoms with E-state index in [1.807, 2.05) is 41.5 Å². The van der Waals surface area contributed by atoms with E-state index in [4.69, 9.17) is 9.47 Å². The highest BCUT2D eigenvalue weighted by Crippen LogP contribution is 2.22. The average Bonchev–Trinajstić information content (AvgIpc) is 2.22. The van der Waals surface area contributed by atoms with Gasteiger partial charge in [0.25, 0.3) is 0 Å². The molecule has 0 aliphatic rings. The van der Waals surface area contributed by atoms with Gasteiger partial charge in [-0.25, -0.2) is 0 Å². The van der Waals surface area contributed by atoms with Gasteiger partial charge in [-0.2, -0.15) is 0 Å². The molecular formula is C13H26O3. The minimum atomic E-state index is -0.771. The molecule has 0 unspecified atom stereocenters. The third-order valence-electron chi connectivity index (χ3n) is 2.43. The number of rotatable bonds is 8. The molecule has 0 radical (unpaired) electrons. The second-order valence-electron chi connectivity index (χ2n) is 5.05. The lowest BCUT2D eigenvalue weighted by Gasteiger charge is -2.33. The first-order valence-corrected chi connectivity index (χ1v) is 6.10. The van der Waals surface area contributed by atoms with E-state index in [9.17, 15) is 4.79 Å². The number of hydrogen-bond donors (Lipinski definition) is 0. The standard InChI is InChI=1S/C13H26O3/c1-7-9-15-12(3,4)11(14)13(5,6)16-10-8-2/h7-10H2,1-6H3. The highest BCUT2D eigenvalue weighted by atomic mass is 16.5. The summed E-state index contributed by atoms with van der Waals surface area (Å²) in [5, 5.41) is 0. The van der Waals surface area contributed by atoms with Crippen molar-refractivity contribution in [3.63, 3.8) is 0 Å². The predicted molar refractivity (Wildman–Crippen MR) is 65.7 cm³/mol. The number of Topliss-reactive ketones (excluding diaryl/α,β-unsaturated/α-hetero) is 1. The molecule has 0 bridgehead atoms. The number of carbonyl (C=O) groups excluding carboxylic acids is 1. The summed E-state index contributed by atoms with van der Waals surface area (Å²) in [7, 11) is 0. The highest BCUT2D eigenvalue weighted by Gasteiger charge is 2.40. The van der Waals surface area contributed by atoms with Gasteiger partial charge in [-0.15, -0.1) is 0 Å². The summed E-state index contributed by atoms with van der Waals surface area (Å²) < 4.78 is 11.2. The summed E-state index contributed by atoms with van der Waals surface area (Å²) in [6.07, 6.45) is 1.82. The fourth-order valence-electron chi connectivity index (χ4n) is 1.57. The summed E-state index contributed by atoms with van der Waals surface area (Å²) in [6, 6.07) is 0. The van der Waals surface area contributed by atoms with Crippen molar-refractivity contribution in [1.29, 1.82) is 0 Å². The molecule has 0 saturated carbocycles. The fourth-order valence-corrected chi connectivity index (χ4v) is 1.57. The van der Waals surface area contributed by atoms with Gasteiger partial charge < -0.3 is 9.47 Å². The van der Waals surface area contributed by atoms with Gasteiger partial charge in [0.2, 0.25) is 0 Å². The van der Waals surface area contributed by atoms with Crippen LogP contribution in [0.3, 0.4) is 0 Å². The second-order valence-corrected chi connectivity index (χ2v) is 5.05. The van der Waals surface area contributed by atoms with E-state index < -0.39 is 11.2 Å². The molecule has 0 N–H and O–H groups in total. The predicted octanol–water partition coefficient (Wildman–Crippen LogP) is 2.97. The maximum Gasteiger partial charge on any atom is 0.195 e. The van der Waals surface area contributed by atoms with Gasteiger partial charge in [-0.3, -0.25) is 4.79 Å². The Bertz CT molecular complexity index is 197. The van der Waals surface area contributed by atoms with E-state index in [1.54, 1.807) is 0 Å². The van der Waals surface area contributed by atoms with Crippen LogP contribution in [-0.4, -0.2) is 30.2 Å². The lowest BCUT2D eigenvalue weighted by Crippen LogP contribution is -2.49. The third-order valence-corrected chi connectivity index (χ3v) is 2.43. The van der Waals surface area contributed by atoms with Crippen LogP contribution < -0.4 is 0 Å². The molecule has 3 heteroatoms. The van der Waals surface area contributed by atoms with Crippen molar-refractivity contribution >= 4 is 5.78 Å². The van der Waals surface area contributed by atoms with E-state index in [0.717, 1.165) is 12.8 Å². The van der Waals surface area contributed by atoms with Gasteiger partial charge in [0.05, 0.1) is 0 Å². The molecular weight excluding hydrogens is 204 g/mol. The Morgan fingerprint density at radius 3 is 1.44 bits per heavy atom. The van der Waals surface area contributed by atoms with E-state index >= 15 is 0 Å². The zero-order chi connectivity index (χ0) is 12.8. The Morgan fingerprint density at radius 1 is 0.875 bits per heavy atom. The Morgan fingerprint density at radius 2 is 1.19 bits per heavy atom. The van der Waals surface area contributed by atoms with Crippen LogP contribution in [-0.2, 0) is 14.3 Å². The van der Waals surface area contributed by atoms with Gasteiger partial charge in [0, 0.05) is 13.2 Å². The van der Waals surface area contributed by atoms with Crippen molar-refractivity contribution in [2.45, 2.75) is 65.6 Å². The van der Waals surface area contributed by atoms with Gasteiger partial charge >= 0.3 is 0 Å². The molecule has 3 nitrogen and oxygen atoms in total. The quantitative estimate of drug-likeness (QED) is 0.643. The Balaban J connectivity index is 4.49. The minimum Gasteiger partial charge on any atom is -0.368 e. The summed E-state index contributed by atoms with van der Waals surface area (Å²) >= 11 is 0. The van der Waals surface area contributed by atoms with Crippen LogP contribution >= 0.6 is 0 Å². The zero-order valence-corrected chi connectivity index (χ0v) is 11.6. The van der Waals surface area contributed by atoms with Crippen molar-refractivity contribution in [2.75, 3.05) is 13.2 Å². The maximum absolute atomic E-state index is 12.2. The Kier molecular flexibility index (Phi) is 6.19. The monoisotopic (exact) mass is 230 g/mol. The first-order chi connectivity index (χ1) is 7.28. The fraction of sp³-hybridized carbons (Fsp3) is 0.923. The normalized spacial score (nSPS) is 12.9. The van der Waals surface area contributed by atoms with Gasteiger partial charge in [-0.05, 0) is 40.5 Å². The molecule has 0 amide bonds. The molecule has 96 valence electrons. The summed E-state index contributed by atoms with van der Waals surface area (Å²) in [5.41, 5.74) is -1.54. The lowest BCUT2D eigenvalue weighted by atomic mass is 9.90. The Labute approximate surface area is 99.5 Å². The molecule has 0 aromatic heterocycles. The summed E-state index contributed by atoms with van der Waals surface area (Å²) in [5.74, 6) is 0.00176. The molecule has 0 atom stereocenters. The van der Waals surface area contributed by atoms with Crippen LogP contribution in [0.15, 0.2) is 0 Å². The van der Waals surface area contributed by atoms with E-state index in [0.29, 0.717) is 13.2 Å². The van der Waals surface area contributed by atoms with Crippen LogP contribution in [0, 0.1) is 0 Å². The van der Waals surface area contributed by atoms with Crippen LogP contribution in [0.5, 0.6) is 0 Å². The van der Waals surface area contributed by atoms with Crippen LogP contribution in [0.4, 0.5) is 0 Å². The van der Waals surface area contributed by atoms with Crippen molar-refractivity contribution < 1.29 is 14.3 Å². The molecule has 0 aromatic carbocycles. The molecule has 0 aliphatic carbocycles. The highest BCUT2D eigenvalue weighted by molar-refractivity contribution is 5.93. The topological polar surface area (TPSA) is 35.5 Å². The summed E-state index contributed by atoms with van der Waals surface area (Å²) in [4.78, 5) is 12.2.